The molecule has 1 saturated heterocycles. The number of carbonyl (C=O) groups excluding carboxylic acids is 1. The number of rotatable bonds is 7. The van der Waals surface area contributed by atoms with Crippen LogP contribution >= 0.6 is 0 Å². The van der Waals surface area contributed by atoms with E-state index in [1.165, 1.54) is 0 Å². The molecule has 160 valence electrons. The van der Waals surface area contributed by atoms with Crippen molar-refractivity contribution in [2.45, 2.75) is 25.9 Å². The predicted molar refractivity (Wildman–Crippen MR) is 118 cm³/mol. The van der Waals surface area contributed by atoms with Crippen LogP contribution in [0.5, 0.6) is 5.75 Å². The number of hydrogen-bond donors (Lipinski definition) is 3. The van der Waals surface area contributed by atoms with Crippen molar-refractivity contribution in [3.63, 3.8) is 0 Å². The Morgan fingerprint density at radius 3 is 2.53 bits per heavy atom. The van der Waals surface area contributed by atoms with E-state index in [4.69, 9.17) is 10.5 Å². The number of pyridine rings is 1. The lowest BCUT2D eigenvalue weighted by atomic mass is 9.96. The molecule has 3 rings (SSSR count). The molecule has 1 aliphatic heterocycles. The number of piperidine rings is 1. The second kappa shape index (κ2) is 10.5. The van der Waals surface area contributed by atoms with Gasteiger partial charge in [-0.05, 0) is 36.6 Å². The van der Waals surface area contributed by atoms with E-state index in [0.717, 1.165) is 48.6 Å². The molecular formula is C22H30N6O2. The molecule has 0 bridgehead atoms. The highest BCUT2D eigenvalue weighted by Crippen LogP contribution is 2.24. The number of guanidine groups is 1. The van der Waals surface area contributed by atoms with Crippen molar-refractivity contribution in [3.05, 3.63) is 53.7 Å². The Hall–Kier alpha value is -3.29. The summed E-state index contributed by atoms with van der Waals surface area (Å²) in [5.41, 5.74) is 7.68. The monoisotopic (exact) mass is 410 g/mol. The quantitative estimate of drug-likeness (QED) is 0.474. The zero-order chi connectivity index (χ0) is 21.3. The molecule has 0 aliphatic carbocycles. The Labute approximate surface area is 177 Å². The highest BCUT2D eigenvalue weighted by atomic mass is 16.5. The highest BCUT2D eigenvalue weighted by molar-refractivity contribution is 5.79. The van der Waals surface area contributed by atoms with Gasteiger partial charge in [-0.25, -0.2) is 4.98 Å². The molecule has 0 unspecified atom stereocenters. The number of aromatic nitrogens is 1. The van der Waals surface area contributed by atoms with Crippen LogP contribution in [-0.4, -0.2) is 44.1 Å². The molecule has 1 amide bonds. The zero-order valence-corrected chi connectivity index (χ0v) is 17.6. The van der Waals surface area contributed by atoms with Gasteiger partial charge in [0.05, 0.1) is 7.11 Å². The molecular weight excluding hydrogens is 380 g/mol. The predicted octanol–water partition coefficient (Wildman–Crippen LogP) is 1.66. The van der Waals surface area contributed by atoms with E-state index < -0.39 is 0 Å². The van der Waals surface area contributed by atoms with Gasteiger partial charge >= 0.3 is 0 Å². The van der Waals surface area contributed by atoms with Gasteiger partial charge < -0.3 is 26.0 Å². The van der Waals surface area contributed by atoms with Crippen molar-refractivity contribution in [1.82, 2.24) is 15.6 Å². The molecule has 0 saturated carbocycles. The third-order valence-corrected chi connectivity index (χ3v) is 5.35. The van der Waals surface area contributed by atoms with Crippen molar-refractivity contribution in [2.75, 3.05) is 32.1 Å². The number of ether oxygens (including phenoxy) is 1. The number of carbonyl (C=O) groups is 1. The summed E-state index contributed by atoms with van der Waals surface area (Å²) < 4.78 is 5.19. The molecule has 0 atom stereocenters. The average Bonchev–Trinajstić information content (AvgIpc) is 2.80. The van der Waals surface area contributed by atoms with Crippen LogP contribution in [-0.2, 0) is 17.9 Å². The van der Waals surface area contributed by atoms with E-state index in [0.29, 0.717) is 19.0 Å². The number of amides is 1. The Morgan fingerprint density at radius 2 is 1.90 bits per heavy atom. The van der Waals surface area contributed by atoms with Gasteiger partial charge in [-0.2, -0.15) is 0 Å². The van der Waals surface area contributed by atoms with Crippen LogP contribution in [0.1, 0.15) is 24.0 Å². The van der Waals surface area contributed by atoms with Gasteiger partial charge in [0.15, 0.2) is 5.96 Å². The Morgan fingerprint density at radius 1 is 1.20 bits per heavy atom. The van der Waals surface area contributed by atoms with Crippen molar-refractivity contribution < 1.29 is 9.53 Å². The third kappa shape index (κ3) is 5.62. The standard InChI is InChI=1S/C22H30N6O2/c1-24-22(26-14-16-5-7-19(30-2)8-6-16)27-15-18-4-3-11-25-21(18)28-12-9-17(10-13-28)20(23)29/h3-8,11,17H,9-10,12-15H2,1-2H3,(H2,23,29)(H2,24,26,27). The van der Waals surface area contributed by atoms with Crippen LogP contribution in [0.2, 0.25) is 0 Å². The minimum atomic E-state index is -0.204. The number of anilines is 1. The van der Waals surface area contributed by atoms with Crippen LogP contribution < -0.4 is 26.0 Å². The lowest BCUT2D eigenvalue weighted by Gasteiger charge is -2.32. The molecule has 2 heterocycles. The van der Waals surface area contributed by atoms with Crippen molar-refractivity contribution in [3.8, 4) is 5.75 Å². The average molecular weight is 411 g/mol. The highest BCUT2D eigenvalue weighted by Gasteiger charge is 2.24. The van der Waals surface area contributed by atoms with Gasteiger partial charge in [-0.1, -0.05) is 18.2 Å². The molecule has 1 aliphatic rings. The first kappa shape index (κ1) is 21.4. The van der Waals surface area contributed by atoms with E-state index in [9.17, 15) is 4.79 Å². The molecule has 0 radical (unpaired) electrons. The van der Waals surface area contributed by atoms with E-state index in [2.05, 4.69) is 31.6 Å². The lowest BCUT2D eigenvalue weighted by molar-refractivity contribution is -0.122. The number of nitrogens with two attached hydrogens (primary N) is 1. The van der Waals surface area contributed by atoms with Crippen molar-refractivity contribution in [1.29, 1.82) is 0 Å². The molecule has 30 heavy (non-hydrogen) atoms. The largest absolute Gasteiger partial charge is 0.497 e. The SMILES string of the molecule is CN=C(NCc1ccc(OC)cc1)NCc1cccnc1N1CCC(C(N)=O)CC1. The fourth-order valence-corrected chi connectivity index (χ4v) is 3.56. The summed E-state index contributed by atoms with van der Waals surface area (Å²) >= 11 is 0. The molecule has 2 aromatic rings. The second-order valence-corrected chi connectivity index (χ2v) is 7.28. The first-order valence-electron chi connectivity index (χ1n) is 10.2. The summed E-state index contributed by atoms with van der Waals surface area (Å²) in [7, 11) is 3.41. The van der Waals surface area contributed by atoms with Gasteiger partial charge in [-0.15, -0.1) is 0 Å². The second-order valence-electron chi connectivity index (χ2n) is 7.28. The number of methoxy groups -OCH3 is 1. The summed E-state index contributed by atoms with van der Waals surface area (Å²) in [5, 5.41) is 6.68. The molecule has 1 fully saturated rings. The summed E-state index contributed by atoms with van der Waals surface area (Å²) in [6.07, 6.45) is 3.34. The van der Waals surface area contributed by atoms with Gasteiger partial charge in [0.25, 0.3) is 0 Å². The van der Waals surface area contributed by atoms with E-state index in [1.807, 2.05) is 30.3 Å². The van der Waals surface area contributed by atoms with E-state index >= 15 is 0 Å². The number of nitrogens with one attached hydrogen (secondary N) is 2. The van der Waals surface area contributed by atoms with Crippen LogP contribution in [0, 0.1) is 5.92 Å². The Kier molecular flexibility index (Phi) is 7.48. The van der Waals surface area contributed by atoms with Gasteiger partial charge in [0.1, 0.15) is 11.6 Å². The first-order chi connectivity index (χ1) is 14.6. The van der Waals surface area contributed by atoms with Gasteiger partial charge in [0, 0.05) is 50.9 Å². The maximum atomic E-state index is 11.4. The van der Waals surface area contributed by atoms with Crippen LogP contribution in [0.3, 0.4) is 0 Å². The first-order valence-corrected chi connectivity index (χ1v) is 10.2. The van der Waals surface area contributed by atoms with Crippen molar-refractivity contribution >= 4 is 17.7 Å². The lowest BCUT2D eigenvalue weighted by Crippen LogP contribution is -2.40. The zero-order valence-electron chi connectivity index (χ0n) is 17.6. The maximum absolute atomic E-state index is 11.4. The molecule has 4 N–H and O–H groups in total. The maximum Gasteiger partial charge on any atom is 0.220 e. The molecule has 1 aromatic carbocycles. The van der Waals surface area contributed by atoms with Crippen molar-refractivity contribution in [2.24, 2.45) is 16.6 Å². The fourth-order valence-electron chi connectivity index (χ4n) is 3.56. The normalized spacial score (nSPS) is 15.0. The van der Waals surface area contributed by atoms with Crippen LogP contribution in [0.25, 0.3) is 0 Å². The van der Waals surface area contributed by atoms with Gasteiger partial charge in [-0.3, -0.25) is 9.79 Å². The molecule has 1 aromatic heterocycles. The third-order valence-electron chi connectivity index (χ3n) is 5.35. The van der Waals surface area contributed by atoms with Crippen LogP contribution in [0.15, 0.2) is 47.6 Å². The number of benzene rings is 1. The Balaban J connectivity index is 1.56. The minimum absolute atomic E-state index is 0.0347. The van der Waals surface area contributed by atoms with Gasteiger partial charge in [0.2, 0.25) is 5.91 Å². The summed E-state index contributed by atoms with van der Waals surface area (Å²) in [6.45, 7) is 2.82. The minimum Gasteiger partial charge on any atom is -0.497 e. The van der Waals surface area contributed by atoms with Crippen LogP contribution in [0.4, 0.5) is 5.82 Å². The number of primary amides is 1. The number of aliphatic imine (C=N–C) groups is 1. The van der Waals surface area contributed by atoms with E-state index in [1.54, 1.807) is 20.4 Å². The Bertz CT molecular complexity index is 860. The number of hydrogen-bond acceptors (Lipinski definition) is 5. The molecule has 0 spiro atoms. The number of nitrogens with zero attached hydrogens (tertiary/aromatic N) is 3. The molecule has 8 heteroatoms. The smallest absolute Gasteiger partial charge is 0.220 e. The molecule has 8 nitrogen and oxygen atoms in total. The summed E-state index contributed by atoms with van der Waals surface area (Å²) in [5.74, 6) is 2.26. The fraction of sp³-hybridized carbons (Fsp3) is 0.409. The summed E-state index contributed by atoms with van der Waals surface area (Å²) in [4.78, 5) is 22.5. The van der Waals surface area contributed by atoms with E-state index in [-0.39, 0.29) is 11.8 Å². The topological polar surface area (TPSA) is 105 Å². The summed E-state index contributed by atoms with van der Waals surface area (Å²) in [6, 6.07) is 11.9.